The third-order valence-electron chi connectivity index (χ3n) is 8.44. The van der Waals surface area contributed by atoms with Crippen LogP contribution in [-0.4, -0.2) is 23.8 Å². The summed E-state index contributed by atoms with van der Waals surface area (Å²) in [6.45, 7) is 1.99. The van der Waals surface area contributed by atoms with Crippen LogP contribution < -0.4 is 20.1 Å². The summed E-state index contributed by atoms with van der Waals surface area (Å²) >= 11 is 0. The largest absolute Gasteiger partial charge is 0.573 e. The van der Waals surface area contributed by atoms with E-state index in [1.54, 1.807) is 24.3 Å². The van der Waals surface area contributed by atoms with Gasteiger partial charge in [-0.15, -0.1) is 26.3 Å². The first-order valence-corrected chi connectivity index (χ1v) is 17.5. The minimum atomic E-state index is -4.77. The van der Waals surface area contributed by atoms with Crippen LogP contribution in [0, 0.1) is 6.92 Å². The Morgan fingerprint density at radius 3 is 1.34 bits per heavy atom. The van der Waals surface area contributed by atoms with Gasteiger partial charge in [-0.05, 0) is 127 Å². The van der Waals surface area contributed by atoms with E-state index in [1.165, 1.54) is 47.0 Å². The number of carbonyl (C=O) groups is 1. The zero-order valence-corrected chi connectivity index (χ0v) is 30.1. The van der Waals surface area contributed by atoms with Crippen molar-refractivity contribution in [1.82, 2.24) is 0 Å². The molecule has 12 heteroatoms. The van der Waals surface area contributed by atoms with Crippen LogP contribution >= 0.6 is 0 Å². The lowest BCUT2D eigenvalue weighted by molar-refractivity contribution is -0.275. The van der Waals surface area contributed by atoms with Crippen molar-refractivity contribution in [3.8, 4) is 11.5 Å². The van der Waals surface area contributed by atoms with Gasteiger partial charge in [0.05, 0.1) is 11.3 Å². The number of benzene rings is 6. The van der Waals surface area contributed by atoms with Crippen LogP contribution in [0.5, 0.6) is 11.5 Å². The quantitative estimate of drug-likeness (QED) is 0.101. The zero-order chi connectivity index (χ0) is 40.1. The molecule has 0 saturated carbocycles. The minimum absolute atomic E-state index is 0.0732. The second-order valence-corrected chi connectivity index (χ2v) is 12.7. The molecule has 6 rings (SSSR count). The molecular weight excluding hydrogens is 734 g/mol. The second kappa shape index (κ2) is 18.7. The molecule has 290 valence electrons. The van der Waals surface area contributed by atoms with Crippen LogP contribution in [0.25, 0.3) is 0 Å². The third kappa shape index (κ3) is 13.5. The van der Waals surface area contributed by atoms with Gasteiger partial charge in [-0.25, -0.2) is 4.79 Å². The smallest absolute Gasteiger partial charge is 0.478 e. The van der Waals surface area contributed by atoms with E-state index in [-0.39, 0.29) is 17.1 Å². The summed E-state index contributed by atoms with van der Waals surface area (Å²) in [5, 5.41) is 15.7. The lowest BCUT2D eigenvalue weighted by Gasteiger charge is -2.13. The van der Waals surface area contributed by atoms with Gasteiger partial charge in [0.1, 0.15) is 11.5 Å². The van der Waals surface area contributed by atoms with Crippen LogP contribution in [0.1, 0.15) is 38.2 Å². The molecular formula is C44H38F6N2O4. The number of nitrogens with one attached hydrogen (secondary N) is 2. The number of aromatic carboxylic acids is 1. The molecule has 3 N–H and O–H groups in total. The molecule has 0 aromatic heterocycles. The van der Waals surface area contributed by atoms with Gasteiger partial charge in [-0.1, -0.05) is 78.9 Å². The van der Waals surface area contributed by atoms with Crippen LogP contribution in [0.15, 0.2) is 146 Å². The molecule has 56 heavy (non-hydrogen) atoms. The molecule has 0 fully saturated rings. The summed E-state index contributed by atoms with van der Waals surface area (Å²) < 4.78 is 81.3. The summed E-state index contributed by atoms with van der Waals surface area (Å²) in [5.74, 6) is -1.68. The fraction of sp³-hybridized carbons (Fsp3) is 0.159. The first kappa shape index (κ1) is 40.7. The van der Waals surface area contributed by atoms with Crippen molar-refractivity contribution >= 4 is 28.7 Å². The lowest BCUT2D eigenvalue weighted by atomic mass is 10.0. The molecule has 0 aliphatic carbocycles. The molecule has 0 spiro atoms. The van der Waals surface area contributed by atoms with Crippen LogP contribution in [-0.2, 0) is 25.7 Å². The van der Waals surface area contributed by atoms with Crippen LogP contribution in [0.4, 0.5) is 49.1 Å². The minimum Gasteiger partial charge on any atom is -0.478 e. The summed E-state index contributed by atoms with van der Waals surface area (Å²) in [4.78, 5) is 11.5. The molecule has 0 bridgehead atoms. The van der Waals surface area contributed by atoms with Gasteiger partial charge in [-0.3, -0.25) is 0 Å². The predicted molar refractivity (Wildman–Crippen MR) is 205 cm³/mol. The molecule has 0 aliphatic rings. The Bertz CT molecular complexity index is 2160. The maximum absolute atomic E-state index is 12.3. The first-order chi connectivity index (χ1) is 26.7. The highest BCUT2D eigenvalue weighted by molar-refractivity contribution is 5.95. The molecule has 6 aromatic rings. The molecule has 0 saturated heterocycles. The number of rotatable bonds is 13. The topological polar surface area (TPSA) is 79.8 Å². The van der Waals surface area contributed by atoms with E-state index in [2.05, 4.69) is 44.4 Å². The second-order valence-electron chi connectivity index (χ2n) is 12.7. The maximum Gasteiger partial charge on any atom is 0.573 e. The number of carboxylic acid groups (broad SMARTS) is 1. The molecule has 6 nitrogen and oxygen atoms in total. The van der Waals surface area contributed by atoms with Gasteiger partial charge in [0.15, 0.2) is 0 Å². The van der Waals surface area contributed by atoms with E-state index < -0.39 is 18.7 Å². The number of anilines is 4. The average Bonchev–Trinajstić information content (AvgIpc) is 3.16. The van der Waals surface area contributed by atoms with Crippen molar-refractivity contribution in [2.45, 2.75) is 45.3 Å². The summed E-state index contributed by atoms with van der Waals surface area (Å²) in [6, 6.07) is 42.3. The number of hydrogen-bond donors (Lipinski definition) is 3. The van der Waals surface area contributed by atoms with Crippen LogP contribution in [0.3, 0.4) is 0 Å². The van der Waals surface area contributed by atoms with Crippen molar-refractivity contribution in [2.24, 2.45) is 0 Å². The Balaban J connectivity index is 0.000000215. The van der Waals surface area contributed by atoms with Gasteiger partial charge < -0.3 is 25.2 Å². The van der Waals surface area contributed by atoms with Crippen molar-refractivity contribution in [3.63, 3.8) is 0 Å². The summed E-state index contributed by atoms with van der Waals surface area (Å²) in [6.07, 6.45) is -6.06. The lowest BCUT2D eigenvalue weighted by Crippen LogP contribution is -2.17. The van der Waals surface area contributed by atoms with E-state index in [1.807, 2.05) is 61.5 Å². The van der Waals surface area contributed by atoms with E-state index in [0.717, 1.165) is 54.6 Å². The fourth-order valence-electron chi connectivity index (χ4n) is 5.65. The fourth-order valence-corrected chi connectivity index (χ4v) is 5.65. The SMILES string of the molecule is Cc1ccc(CCc2ccccc2)cc1Nc1ccc(OC(F)(F)F)cc1.O=C(O)c1ccc(CCc2ccccc2)cc1Nc1ccc(OC(F)(F)F)cc1. The highest BCUT2D eigenvalue weighted by Crippen LogP contribution is 2.29. The number of halogens is 6. The molecule has 0 heterocycles. The van der Waals surface area contributed by atoms with Gasteiger partial charge in [0.2, 0.25) is 0 Å². The monoisotopic (exact) mass is 772 g/mol. The molecule has 0 unspecified atom stereocenters. The Hall–Kier alpha value is -6.43. The molecule has 0 radical (unpaired) electrons. The molecule has 0 atom stereocenters. The standard InChI is InChI=1S/C22H18F3NO3.C22H20F3NO/c23-22(24,25)29-18-11-9-17(10-12-18)26-20-14-16(8-13-19(20)21(27)28)7-6-15-4-2-1-3-5-15;1-16-7-8-18(10-9-17-5-3-2-4-6-17)15-21(16)26-19-11-13-20(14-12-19)27-22(23,24)25/h1-5,8-14,26H,6-7H2,(H,27,28);2-8,11-15,26H,9-10H2,1H3. The Kier molecular flexibility index (Phi) is 13.6. The number of carboxylic acids is 1. The van der Waals surface area contributed by atoms with Gasteiger partial charge in [0, 0.05) is 17.1 Å². The van der Waals surface area contributed by atoms with Crippen molar-refractivity contribution in [2.75, 3.05) is 10.6 Å². The average molecular weight is 773 g/mol. The Morgan fingerprint density at radius 2 is 0.911 bits per heavy atom. The van der Waals surface area contributed by atoms with Crippen molar-refractivity contribution in [3.05, 3.63) is 179 Å². The highest BCUT2D eigenvalue weighted by Gasteiger charge is 2.31. The summed E-state index contributed by atoms with van der Waals surface area (Å²) in [5.41, 5.74) is 8.19. The van der Waals surface area contributed by atoms with Gasteiger partial charge >= 0.3 is 18.7 Å². The maximum atomic E-state index is 12.3. The van der Waals surface area contributed by atoms with E-state index in [9.17, 15) is 36.2 Å². The molecule has 6 aromatic carbocycles. The van der Waals surface area contributed by atoms with Crippen molar-refractivity contribution in [1.29, 1.82) is 0 Å². The zero-order valence-electron chi connectivity index (χ0n) is 30.1. The number of aryl methyl sites for hydroxylation is 5. The first-order valence-electron chi connectivity index (χ1n) is 17.5. The number of hydrogen-bond acceptors (Lipinski definition) is 5. The number of alkyl halides is 6. The van der Waals surface area contributed by atoms with E-state index in [0.29, 0.717) is 17.1 Å². The van der Waals surface area contributed by atoms with Gasteiger partial charge in [-0.2, -0.15) is 0 Å². The molecule has 0 aliphatic heterocycles. The molecule has 0 amide bonds. The van der Waals surface area contributed by atoms with Gasteiger partial charge in [0.25, 0.3) is 0 Å². The predicted octanol–water partition coefficient (Wildman–Crippen LogP) is 12.2. The number of ether oxygens (including phenoxy) is 2. The Labute approximate surface area is 320 Å². The Morgan fingerprint density at radius 1 is 0.518 bits per heavy atom. The highest BCUT2D eigenvalue weighted by atomic mass is 19.4. The summed E-state index contributed by atoms with van der Waals surface area (Å²) in [7, 11) is 0. The van der Waals surface area contributed by atoms with Crippen LogP contribution in [0.2, 0.25) is 0 Å². The van der Waals surface area contributed by atoms with Crippen molar-refractivity contribution < 1.29 is 45.7 Å². The third-order valence-corrected chi connectivity index (χ3v) is 8.44. The normalized spacial score (nSPS) is 11.2. The van der Waals surface area contributed by atoms with E-state index >= 15 is 0 Å². The van der Waals surface area contributed by atoms with E-state index in [4.69, 9.17) is 0 Å².